The molecular weight excluding hydrogens is 288 g/mol. The second-order valence-electron chi connectivity index (χ2n) is 5.15. The molecule has 0 bridgehead atoms. The molecule has 0 radical (unpaired) electrons. The van der Waals surface area contributed by atoms with Crippen LogP contribution in [0.1, 0.15) is 23.3 Å². The lowest BCUT2D eigenvalue weighted by Crippen LogP contribution is -2.26. The second kappa shape index (κ2) is 6.98. The van der Waals surface area contributed by atoms with Crippen LogP contribution in [0.2, 0.25) is 5.02 Å². The van der Waals surface area contributed by atoms with Crippen molar-refractivity contribution in [1.82, 2.24) is 30.0 Å². The molecular formula is C14H21ClN6. The fourth-order valence-corrected chi connectivity index (χ4v) is 2.44. The topological polar surface area (TPSA) is 58.9 Å². The fraction of sp³-hybridized carbons (Fsp3) is 0.500. The molecule has 0 saturated heterocycles. The van der Waals surface area contributed by atoms with Crippen molar-refractivity contribution in [3.8, 4) is 0 Å². The highest BCUT2D eigenvalue weighted by atomic mass is 35.5. The Balaban J connectivity index is 2.35. The smallest absolute Gasteiger partial charge is 0.125 e. The van der Waals surface area contributed by atoms with Gasteiger partial charge in [0.1, 0.15) is 5.82 Å². The van der Waals surface area contributed by atoms with E-state index in [-0.39, 0.29) is 6.04 Å². The monoisotopic (exact) mass is 308 g/mol. The number of halogens is 1. The van der Waals surface area contributed by atoms with E-state index in [0.717, 1.165) is 30.3 Å². The second-order valence-corrected chi connectivity index (χ2v) is 5.56. The Bertz CT molecular complexity index is 595. The van der Waals surface area contributed by atoms with Crippen LogP contribution in [0.4, 0.5) is 0 Å². The Morgan fingerprint density at radius 2 is 2.19 bits per heavy atom. The average Bonchev–Trinajstić information content (AvgIpc) is 2.79. The highest BCUT2D eigenvalue weighted by Gasteiger charge is 2.22. The van der Waals surface area contributed by atoms with Gasteiger partial charge in [-0.1, -0.05) is 11.6 Å². The van der Waals surface area contributed by atoms with Gasteiger partial charge in [-0.05, 0) is 34.1 Å². The Morgan fingerprint density at radius 3 is 2.81 bits per heavy atom. The molecule has 1 N–H and O–H groups in total. The fourth-order valence-electron chi connectivity index (χ4n) is 2.19. The first-order valence-electron chi connectivity index (χ1n) is 6.85. The normalized spacial score (nSPS) is 12.9. The van der Waals surface area contributed by atoms with Crippen molar-refractivity contribution < 1.29 is 0 Å². The van der Waals surface area contributed by atoms with E-state index in [1.54, 1.807) is 12.4 Å². The molecule has 0 aliphatic carbocycles. The van der Waals surface area contributed by atoms with E-state index in [1.165, 1.54) is 0 Å². The summed E-state index contributed by atoms with van der Waals surface area (Å²) >= 11 is 6.34. The van der Waals surface area contributed by atoms with E-state index in [2.05, 4.69) is 25.3 Å². The number of likely N-dealkylation sites (N-methyl/N-ethyl adjacent to an activating group) is 1. The van der Waals surface area contributed by atoms with Crippen LogP contribution < -0.4 is 5.32 Å². The van der Waals surface area contributed by atoms with Crippen molar-refractivity contribution in [2.45, 2.75) is 19.5 Å². The average molecular weight is 309 g/mol. The van der Waals surface area contributed by atoms with Crippen molar-refractivity contribution in [3.05, 3.63) is 40.7 Å². The minimum absolute atomic E-state index is 0.108. The van der Waals surface area contributed by atoms with Gasteiger partial charge in [0.05, 0.1) is 35.2 Å². The minimum atomic E-state index is -0.108. The Kier molecular flexibility index (Phi) is 5.27. The number of hydrogen-bond donors (Lipinski definition) is 1. The lowest BCUT2D eigenvalue weighted by atomic mass is 10.1. The van der Waals surface area contributed by atoms with Gasteiger partial charge in [0, 0.05) is 12.7 Å². The maximum atomic E-state index is 6.34. The lowest BCUT2D eigenvalue weighted by molar-refractivity contribution is 0.366. The van der Waals surface area contributed by atoms with Gasteiger partial charge in [-0.3, -0.25) is 4.68 Å². The number of rotatable bonds is 6. The Morgan fingerprint density at radius 1 is 1.43 bits per heavy atom. The molecule has 0 spiro atoms. The third kappa shape index (κ3) is 3.78. The third-order valence-corrected chi connectivity index (χ3v) is 3.54. The summed E-state index contributed by atoms with van der Waals surface area (Å²) in [6.07, 6.45) is 3.45. The van der Waals surface area contributed by atoms with Crippen LogP contribution >= 0.6 is 11.6 Å². The van der Waals surface area contributed by atoms with E-state index < -0.39 is 0 Å². The van der Waals surface area contributed by atoms with Gasteiger partial charge in [0.2, 0.25) is 0 Å². The molecule has 114 valence electrons. The van der Waals surface area contributed by atoms with E-state index in [1.807, 2.05) is 38.8 Å². The van der Waals surface area contributed by atoms with Crippen molar-refractivity contribution in [2.24, 2.45) is 0 Å². The zero-order valence-corrected chi connectivity index (χ0v) is 13.6. The number of hydrogen-bond acceptors (Lipinski definition) is 5. The molecule has 2 aromatic rings. The molecule has 2 heterocycles. The predicted octanol–water partition coefficient (Wildman–Crippen LogP) is 1.51. The van der Waals surface area contributed by atoms with Crippen LogP contribution in [0.25, 0.3) is 0 Å². The standard InChI is InChI=1S/C14H21ClN6/c1-10-17-6-5-12(19-10)13(16-2)14-11(15)9-18-21(14)8-7-20(3)4/h5-6,9,13,16H,7-8H2,1-4H3. The molecule has 6 nitrogen and oxygen atoms in total. The maximum absolute atomic E-state index is 6.34. The molecule has 0 saturated carbocycles. The molecule has 0 aliphatic heterocycles. The molecule has 7 heteroatoms. The van der Waals surface area contributed by atoms with Crippen molar-refractivity contribution in [1.29, 1.82) is 0 Å². The summed E-state index contributed by atoms with van der Waals surface area (Å²) in [5.74, 6) is 0.739. The van der Waals surface area contributed by atoms with Crippen LogP contribution in [0.15, 0.2) is 18.5 Å². The van der Waals surface area contributed by atoms with E-state index in [4.69, 9.17) is 11.6 Å². The highest BCUT2D eigenvalue weighted by molar-refractivity contribution is 6.31. The van der Waals surface area contributed by atoms with Gasteiger partial charge in [-0.2, -0.15) is 5.10 Å². The Labute approximate surface area is 130 Å². The lowest BCUT2D eigenvalue weighted by Gasteiger charge is -2.19. The zero-order valence-electron chi connectivity index (χ0n) is 12.8. The van der Waals surface area contributed by atoms with Crippen molar-refractivity contribution >= 4 is 11.6 Å². The molecule has 21 heavy (non-hydrogen) atoms. The van der Waals surface area contributed by atoms with Crippen molar-refractivity contribution in [3.63, 3.8) is 0 Å². The minimum Gasteiger partial charge on any atom is -0.308 e. The molecule has 0 aliphatic rings. The van der Waals surface area contributed by atoms with Gasteiger partial charge in [-0.15, -0.1) is 0 Å². The largest absolute Gasteiger partial charge is 0.308 e. The van der Waals surface area contributed by atoms with E-state index >= 15 is 0 Å². The Hall–Kier alpha value is -1.50. The molecule has 2 aromatic heterocycles. The van der Waals surface area contributed by atoms with Gasteiger partial charge < -0.3 is 10.2 Å². The summed E-state index contributed by atoms with van der Waals surface area (Å²) in [5.41, 5.74) is 1.82. The quantitative estimate of drug-likeness (QED) is 0.876. The van der Waals surface area contributed by atoms with Crippen LogP contribution in [0.5, 0.6) is 0 Å². The predicted molar refractivity (Wildman–Crippen MR) is 83.5 cm³/mol. The highest BCUT2D eigenvalue weighted by Crippen LogP contribution is 2.27. The van der Waals surface area contributed by atoms with Crippen LogP contribution in [0.3, 0.4) is 0 Å². The van der Waals surface area contributed by atoms with Gasteiger partial charge >= 0.3 is 0 Å². The number of nitrogens with one attached hydrogen (secondary N) is 1. The number of aryl methyl sites for hydroxylation is 1. The zero-order chi connectivity index (χ0) is 15.4. The van der Waals surface area contributed by atoms with Crippen molar-refractivity contribution in [2.75, 3.05) is 27.7 Å². The molecule has 1 atom stereocenters. The first-order valence-corrected chi connectivity index (χ1v) is 7.23. The first-order chi connectivity index (χ1) is 10.0. The van der Waals surface area contributed by atoms with E-state index in [0.29, 0.717) is 5.02 Å². The molecule has 0 amide bonds. The van der Waals surface area contributed by atoms with Crippen LogP contribution in [0, 0.1) is 6.92 Å². The maximum Gasteiger partial charge on any atom is 0.125 e. The molecule has 2 rings (SSSR count). The SMILES string of the molecule is CNC(c1ccnc(C)n1)c1c(Cl)cnn1CCN(C)C. The summed E-state index contributed by atoms with van der Waals surface area (Å²) in [7, 11) is 5.96. The number of nitrogens with zero attached hydrogens (tertiary/aromatic N) is 5. The van der Waals surface area contributed by atoms with Crippen LogP contribution in [-0.2, 0) is 6.54 Å². The molecule has 1 unspecified atom stereocenters. The summed E-state index contributed by atoms with van der Waals surface area (Å²) in [5, 5.41) is 8.29. The first kappa shape index (κ1) is 15.9. The summed E-state index contributed by atoms with van der Waals surface area (Å²) in [6, 6.07) is 1.79. The summed E-state index contributed by atoms with van der Waals surface area (Å²) in [4.78, 5) is 10.7. The van der Waals surface area contributed by atoms with Gasteiger partial charge in [-0.25, -0.2) is 9.97 Å². The summed E-state index contributed by atoms with van der Waals surface area (Å²) < 4.78 is 1.93. The van der Waals surface area contributed by atoms with Gasteiger partial charge in [0.25, 0.3) is 0 Å². The van der Waals surface area contributed by atoms with E-state index in [9.17, 15) is 0 Å². The van der Waals surface area contributed by atoms with Gasteiger partial charge in [0.15, 0.2) is 0 Å². The van der Waals surface area contributed by atoms with Crippen LogP contribution in [-0.4, -0.2) is 52.3 Å². The molecule has 0 aromatic carbocycles. The third-order valence-electron chi connectivity index (χ3n) is 3.25. The molecule has 0 fully saturated rings. The summed E-state index contributed by atoms with van der Waals surface area (Å²) in [6.45, 7) is 3.54. The number of aromatic nitrogens is 4.